The molecule has 5 rings (SSSR count). The van der Waals surface area contributed by atoms with Gasteiger partial charge in [0.2, 0.25) is 10.0 Å². The Morgan fingerprint density at radius 2 is 1.67 bits per heavy atom. The fraction of sp³-hybridized carbons (Fsp3) is 0.462. The van der Waals surface area contributed by atoms with Crippen molar-refractivity contribution >= 4 is 54.4 Å². The van der Waals surface area contributed by atoms with E-state index in [1.165, 1.54) is 9.60 Å². The standard InChI is InChI=1S/C26H32N4O3S3/c1-18-14-19(2)17-30(16-18)36(32,33)22-7-4-20(5-8-22)25(31)28-10-12-29(13-11-28)26-27-23-9-6-21(34-3)15-24(23)35-26/h4-9,15,18-19H,10-14,16-17H2,1-3H3. The van der Waals surface area contributed by atoms with Crippen LogP contribution in [0.15, 0.2) is 52.3 Å². The van der Waals surface area contributed by atoms with Crippen molar-refractivity contribution in [2.24, 2.45) is 11.8 Å². The van der Waals surface area contributed by atoms with E-state index in [1.54, 1.807) is 51.7 Å². The number of anilines is 1. The summed E-state index contributed by atoms with van der Waals surface area (Å²) in [5, 5.41) is 0.992. The molecule has 1 amide bonds. The van der Waals surface area contributed by atoms with Crippen LogP contribution in [0.1, 0.15) is 30.6 Å². The number of carbonyl (C=O) groups is 1. The Kier molecular flexibility index (Phi) is 7.31. The van der Waals surface area contributed by atoms with Gasteiger partial charge in [-0.05, 0) is 67.0 Å². The van der Waals surface area contributed by atoms with Crippen LogP contribution in [0.4, 0.5) is 5.13 Å². The van der Waals surface area contributed by atoms with Gasteiger partial charge in [-0.25, -0.2) is 13.4 Å². The van der Waals surface area contributed by atoms with Crippen molar-refractivity contribution < 1.29 is 13.2 Å². The van der Waals surface area contributed by atoms with Crippen LogP contribution in [0.5, 0.6) is 0 Å². The summed E-state index contributed by atoms with van der Waals surface area (Å²) in [7, 11) is -3.55. The maximum atomic E-state index is 13.2. The quantitative estimate of drug-likeness (QED) is 0.436. The van der Waals surface area contributed by atoms with E-state index in [9.17, 15) is 13.2 Å². The second-order valence-electron chi connectivity index (χ2n) is 9.90. The minimum absolute atomic E-state index is 0.0623. The number of hydrogen-bond donors (Lipinski definition) is 0. The molecule has 1 aromatic heterocycles. The van der Waals surface area contributed by atoms with Gasteiger partial charge < -0.3 is 9.80 Å². The third-order valence-electron chi connectivity index (χ3n) is 7.00. The molecule has 0 saturated carbocycles. The average molecular weight is 545 g/mol. The second-order valence-corrected chi connectivity index (χ2v) is 13.7. The number of piperidine rings is 1. The lowest BCUT2D eigenvalue weighted by Gasteiger charge is -2.35. The minimum atomic E-state index is -3.55. The van der Waals surface area contributed by atoms with Crippen molar-refractivity contribution in [2.45, 2.75) is 30.1 Å². The monoisotopic (exact) mass is 544 g/mol. The van der Waals surface area contributed by atoms with E-state index in [-0.39, 0.29) is 10.8 Å². The number of thioether (sulfide) groups is 1. The predicted octanol–water partition coefficient (Wildman–Crippen LogP) is 4.65. The second kappa shape index (κ2) is 10.3. The van der Waals surface area contributed by atoms with Gasteiger partial charge in [0, 0.05) is 49.7 Å². The number of rotatable bonds is 5. The van der Waals surface area contributed by atoms with Crippen LogP contribution in [-0.2, 0) is 10.0 Å². The van der Waals surface area contributed by atoms with E-state index in [1.807, 2.05) is 4.90 Å². The first-order chi connectivity index (χ1) is 17.2. The molecule has 0 radical (unpaired) electrons. The molecule has 2 fully saturated rings. The van der Waals surface area contributed by atoms with Crippen LogP contribution in [-0.4, -0.2) is 74.0 Å². The summed E-state index contributed by atoms with van der Waals surface area (Å²) in [5.41, 5.74) is 1.53. The number of aromatic nitrogens is 1. The molecule has 0 bridgehead atoms. The molecule has 7 nitrogen and oxygen atoms in total. The Hall–Kier alpha value is -2.14. The molecular weight excluding hydrogens is 513 g/mol. The van der Waals surface area contributed by atoms with E-state index in [0.717, 1.165) is 30.2 Å². The van der Waals surface area contributed by atoms with E-state index >= 15 is 0 Å². The van der Waals surface area contributed by atoms with Gasteiger partial charge in [-0.2, -0.15) is 4.31 Å². The zero-order valence-electron chi connectivity index (χ0n) is 20.9. The summed E-state index contributed by atoms with van der Waals surface area (Å²) in [5.74, 6) is 0.630. The summed E-state index contributed by atoms with van der Waals surface area (Å²) in [6, 6.07) is 12.8. The smallest absolute Gasteiger partial charge is 0.253 e. The van der Waals surface area contributed by atoms with E-state index in [2.05, 4.69) is 43.2 Å². The zero-order chi connectivity index (χ0) is 25.4. The SMILES string of the molecule is CSc1ccc2nc(N3CCN(C(=O)c4ccc(S(=O)(=O)N5CC(C)CC(C)C5)cc4)CC3)sc2c1. The Morgan fingerprint density at radius 3 is 2.31 bits per heavy atom. The fourth-order valence-electron chi connectivity index (χ4n) is 5.16. The van der Waals surface area contributed by atoms with Crippen LogP contribution >= 0.6 is 23.1 Å². The molecule has 36 heavy (non-hydrogen) atoms. The summed E-state index contributed by atoms with van der Waals surface area (Å²) in [6.07, 6.45) is 3.12. The van der Waals surface area contributed by atoms with E-state index in [0.29, 0.717) is 43.6 Å². The van der Waals surface area contributed by atoms with E-state index < -0.39 is 10.0 Å². The molecule has 2 unspecified atom stereocenters. The Labute approximate surface area is 221 Å². The average Bonchev–Trinajstić information content (AvgIpc) is 3.31. The Bertz CT molecular complexity index is 1340. The molecule has 192 valence electrons. The number of thiazole rings is 1. The highest BCUT2D eigenvalue weighted by molar-refractivity contribution is 7.98. The van der Waals surface area contributed by atoms with Crippen molar-refractivity contribution in [1.82, 2.24) is 14.2 Å². The summed E-state index contributed by atoms with van der Waals surface area (Å²) in [4.78, 5) is 23.5. The lowest BCUT2D eigenvalue weighted by atomic mass is 9.94. The van der Waals surface area contributed by atoms with Gasteiger partial charge in [0.1, 0.15) is 0 Å². The third-order valence-corrected chi connectivity index (χ3v) is 10.6. The van der Waals surface area contributed by atoms with Crippen LogP contribution in [0.25, 0.3) is 10.2 Å². The van der Waals surface area contributed by atoms with Gasteiger partial charge in [-0.1, -0.05) is 25.2 Å². The number of fused-ring (bicyclic) bond motifs is 1. The van der Waals surface area contributed by atoms with Crippen LogP contribution in [0.3, 0.4) is 0 Å². The Morgan fingerprint density at radius 1 is 1.00 bits per heavy atom. The predicted molar refractivity (Wildman–Crippen MR) is 148 cm³/mol. The first-order valence-electron chi connectivity index (χ1n) is 12.3. The molecule has 3 heterocycles. The van der Waals surface area contributed by atoms with Crippen molar-refractivity contribution in [3.05, 3.63) is 48.0 Å². The van der Waals surface area contributed by atoms with Crippen LogP contribution in [0, 0.1) is 11.8 Å². The molecule has 0 spiro atoms. The molecule has 2 saturated heterocycles. The highest BCUT2D eigenvalue weighted by Gasteiger charge is 2.32. The number of nitrogens with zero attached hydrogens (tertiary/aromatic N) is 4. The molecule has 2 aliphatic rings. The molecular formula is C26H32N4O3S3. The van der Waals surface area contributed by atoms with Gasteiger partial charge >= 0.3 is 0 Å². The van der Waals surface area contributed by atoms with Gasteiger partial charge in [-0.3, -0.25) is 4.79 Å². The number of sulfonamides is 1. The highest BCUT2D eigenvalue weighted by Crippen LogP contribution is 2.32. The van der Waals surface area contributed by atoms with Gasteiger partial charge in [0.05, 0.1) is 15.1 Å². The third kappa shape index (κ3) is 5.14. The van der Waals surface area contributed by atoms with Crippen LogP contribution < -0.4 is 4.90 Å². The molecule has 10 heteroatoms. The van der Waals surface area contributed by atoms with Gasteiger partial charge in [-0.15, -0.1) is 11.8 Å². The van der Waals surface area contributed by atoms with E-state index in [4.69, 9.17) is 4.98 Å². The maximum Gasteiger partial charge on any atom is 0.253 e. The van der Waals surface area contributed by atoms with Gasteiger partial charge in [0.15, 0.2) is 5.13 Å². The largest absolute Gasteiger partial charge is 0.345 e. The van der Waals surface area contributed by atoms with Crippen molar-refractivity contribution in [3.63, 3.8) is 0 Å². The van der Waals surface area contributed by atoms with Crippen molar-refractivity contribution in [3.8, 4) is 0 Å². The zero-order valence-corrected chi connectivity index (χ0v) is 23.3. The summed E-state index contributed by atoms with van der Waals surface area (Å²) < 4.78 is 29.1. The Balaban J connectivity index is 1.22. The van der Waals surface area contributed by atoms with Gasteiger partial charge in [0.25, 0.3) is 5.91 Å². The topological polar surface area (TPSA) is 73.8 Å². The molecule has 2 atom stereocenters. The molecule has 2 aliphatic heterocycles. The first-order valence-corrected chi connectivity index (χ1v) is 15.8. The summed E-state index contributed by atoms with van der Waals surface area (Å²) in [6.45, 7) is 7.94. The number of carbonyl (C=O) groups excluding carboxylic acids is 1. The van der Waals surface area contributed by atoms with Crippen molar-refractivity contribution in [2.75, 3.05) is 50.4 Å². The van der Waals surface area contributed by atoms with Crippen molar-refractivity contribution in [1.29, 1.82) is 0 Å². The molecule has 2 aromatic carbocycles. The number of hydrogen-bond acceptors (Lipinski definition) is 7. The molecule has 0 N–H and O–H groups in total. The fourth-order valence-corrected chi connectivity index (χ4v) is 8.41. The molecule has 3 aromatic rings. The summed E-state index contributed by atoms with van der Waals surface area (Å²) >= 11 is 3.42. The van der Waals surface area contributed by atoms with Crippen LogP contribution in [0.2, 0.25) is 0 Å². The lowest BCUT2D eigenvalue weighted by molar-refractivity contribution is 0.0746. The maximum absolute atomic E-state index is 13.2. The minimum Gasteiger partial charge on any atom is -0.345 e. The first kappa shape index (κ1) is 25.5. The number of amides is 1. The molecule has 0 aliphatic carbocycles. The number of piperazine rings is 1. The number of benzene rings is 2. The highest BCUT2D eigenvalue weighted by atomic mass is 32.2. The normalized spacial score (nSPS) is 21.8. The lowest BCUT2D eigenvalue weighted by Crippen LogP contribution is -2.48.